The molecule has 0 fully saturated rings. The van der Waals surface area contributed by atoms with Crippen LogP contribution in [-0.2, 0) is 28.5 Å². The molecular weight excluding hydrogens is 300 g/mol. The van der Waals surface area contributed by atoms with Crippen LogP contribution in [0.2, 0.25) is 0 Å². The average molecular weight is 326 g/mol. The van der Waals surface area contributed by atoms with Crippen LogP contribution in [0.3, 0.4) is 0 Å². The summed E-state index contributed by atoms with van der Waals surface area (Å²) in [5.74, 6) is -0.145. The largest absolute Gasteiger partial charge is 0.481 e. The van der Waals surface area contributed by atoms with Crippen molar-refractivity contribution < 1.29 is 33.6 Å². The zero-order chi connectivity index (χ0) is 15.6. The minimum Gasteiger partial charge on any atom is -0.481 e. The average Bonchev–Trinajstić information content (AvgIpc) is 2.46. The second-order valence-electron chi connectivity index (χ2n) is 3.93. The number of carboxylic acids is 1. The highest BCUT2D eigenvalue weighted by Gasteiger charge is 1.96. The van der Waals surface area contributed by atoms with Crippen molar-refractivity contribution in [3.05, 3.63) is 0 Å². The molecule has 0 unspecified atom stereocenters. The first-order valence-electron chi connectivity index (χ1n) is 6.98. The summed E-state index contributed by atoms with van der Waals surface area (Å²) in [5, 5.41) is 8.38. The van der Waals surface area contributed by atoms with E-state index in [-0.39, 0.29) is 13.0 Å². The first-order chi connectivity index (χ1) is 10.3. The van der Waals surface area contributed by atoms with Crippen LogP contribution in [0.1, 0.15) is 6.42 Å². The van der Waals surface area contributed by atoms with Gasteiger partial charge in [0.25, 0.3) is 0 Å². The number of thiol groups is 1. The van der Waals surface area contributed by atoms with Crippen LogP contribution in [0.15, 0.2) is 0 Å². The van der Waals surface area contributed by atoms with E-state index in [1.165, 1.54) is 0 Å². The Labute approximate surface area is 131 Å². The summed E-state index contributed by atoms with van der Waals surface area (Å²) in [6, 6.07) is 0. The third kappa shape index (κ3) is 19.6. The summed E-state index contributed by atoms with van der Waals surface area (Å²) in [6.45, 7) is 4.83. The molecule has 0 aliphatic rings. The fourth-order valence-corrected chi connectivity index (χ4v) is 1.33. The molecule has 1 N–H and O–H groups in total. The van der Waals surface area contributed by atoms with Crippen molar-refractivity contribution in [3.63, 3.8) is 0 Å². The molecule has 0 spiro atoms. The van der Waals surface area contributed by atoms with Gasteiger partial charge in [-0.1, -0.05) is 0 Å². The lowest BCUT2D eigenvalue weighted by Crippen LogP contribution is -2.13. The molecule has 7 nitrogen and oxygen atoms in total. The van der Waals surface area contributed by atoms with Gasteiger partial charge < -0.3 is 28.8 Å². The summed E-state index contributed by atoms with van der Waals surface area (Å²) in [7, 11) is 0. The molecule has 8 heteroatoms. The van der Waals surface area contributed by atoms with Crippen molar-refractivity contribution in [2.45, 2.75) is 6.42 Å². The lowest BCUT2D eigenvalue weighted by molar-refractivity contribution is -0.138. The van der Waals surface area contributed by atoms with E-state index in [1.54, 1.807) is 0 Å². The van der Waals surface area contributed by atoms with E-state index in [2.05, 4.69) is 12.6 Å². The minimum absolute atomic E-state index is 0.0167. The molecular formula is C13H26O7S. The van der Waals surface area contributed by atoms with Crippen LogP contribution in [0.5, 0.6) is 0 Å². The number of ether oxygens (including phenoxy) is 5. The van der Waals surface area contributed by atoms with Gasteiger partial charge in [0, 0.05) is 5.75 Å². The fraction of sp³-hybridized carbons (Fsp3) is 0.923. The minimum atomic E-state index is -0.861. The number of hydrogen-bond donors (Lipinski definition) is 2. The Hall–Kier alpha value is -0.380. The van der Waals surface area contributed by atoms with Crippen molar-refractivity contribution in [1.29, 1.82) is 0 Å². The Morgan fingerprint density at radius 2 is 1.00 bits per heavy atom. The first kappa shape index (κ1) is 20.6. The molecule has 21 heavy (non-hydrogen) atoms. The molecule has 0 atom stereocenters. The number of rotatable bonds is 17. The van der Waals surface area contributed by atoms with Crippen molar-refractivity contribution in [1.82, 2.24) is 0 Å². The van der Waals surface area contributed by atoms with E-state index in [4.69, 9.17) is 28.8 Å². The normalized spacial score (nSPS) is 10.9. The molecule has 0 aromatic carbocycles. The highest BCUT2D eigenvalue weighted by molar-refractivity contribution is 7.80. The van der Waals surface area contributed by atoms with Crippen LogP contribution in [0, 0.1) is 0 Å². The Kier molecular flexibility index (Phi) is 17.4. The van der Waals surface area contributed by atoms with Crippen LogP contribution in [0.25, 0.3) is 0 Å². The van der Waals surface area contributed by atoms with Gasteiger partial charge in [0.05, 0.1) is 72.5 Å². The van der Waals surface area contributed by atoms with Gasteiger partial charge >= 0.3 is 5.97 Å². The number of aliphatic carboxylic acids is 1. The number of hydrogen-bond acceptors (Lipinski definition) is 7. The van der Waals surface area contributed by atoms with Crippen LogP contribution in [0.4, 0.5) is 0 Å². The number of carboxylic acid groups (broad SMARTS) is 1. The lowest BCUT2D eigenvalue weighted by atomic mass is 10.5. The van der Waals surface area contributed by atoms with Crippen molar-refractivity contribution in [2.24, 2.45) is 0 Å². The molecule has 0 rings (SSSR count). The molecule has 0 bridgehead atoms. The maximum atomic E-state index is 10.2. The number of carbonyl (C=O) groups is 1. The fourth-order valence-electron chi connectivity index (χ4n) is 1.21. The van der Waals surface area contributed by atoms with Crippen molar-refractivity contribution in [2.75, 3.05) is 71.8 Å². The van der Waals surface area contributed by atoms with E-state index >= 15 is 0 Å². The van der Waals surface area contributed by atoms with Crippen LogP contribution >= 0.6 is 12.6 Å². The smallest absolute Gasteiger partial charge is 0.305 e. The Morgan fingerprint density at radius 3 is 1.33 bits per heavy atom. The molecule has 0 aromatic heterocycles. The van der Waals surface area contributed by atoms with Gasteiger partial charge in [0.15, 0.2) is 0 Å². The summed E-state index contributed by atoms with van der Waals surface area (Å²) in [5.41, 5.74) is 0. The Balaban J connectivity index is 2.95. The second-order valence-corrected chi connectivity index (χ2v) is 4.38. The molecule has 0 heterocycles. The topological polar surface area (TPSA) is 83.5 Å². The quantitative estimate of drug-likeness (QED) is 0.297. The molecule has 0 saturated carbocycles. The molecule has 0 radical (unpaired) electrons. The van der Waals surface area contributed by atoms with Gasteiger partial charge in [-0.05, 0) is 0 Å². The molecule has 0 aliphatic carbocycles. The molecule has 126 valence electrons. The lowest BCUT2D eigenvalue weighted by Gasteiger charge is -2.07. The van der Waals surface area contributed by atoms with E-state index in [0.717, 1.165) is 0 Å². The zero-order valence-electron chi connectivity index (χ0n) is 12.3. The Bertz CT molecular complexity index is 229. The van der Waals surface area contributed by atoms with Crippen molar-refractivity contribution in [3.8, 4) is 0 Å². The monoisotopic (exact) mass is 326 g/mol. The first-order valence-corrected chi connectivity index (χ1v) is 7.62. The van der Waals surface area contributed by atoms with E-state index in [1.807, 2.05) is 0 Å². The van der Waals surface area contributed by atoms with Gasteiger partial charge in [-0.15, -0.1) is 0 Å². The SMILES string of the molecule is O=C(O)CCOCCOCCOCCOCCOCCS. The maximum Gasteiger partial charge on any atom is 0.305 e. The third-order valence-corrected chi connectivity index (χ3v) is 2.37. The maximum absolute atomic E-state index is 10.2. The highest BCUT2D eigenvalue weighted by Crippen LogP contribution is 1.85. The Morgan fingerprint density at radius 1 is 0.667 bits per heavy atom. The van der Waals surface area contributed by atoms with Gasteiger partial charge in [0.1, 0.15) is 0 Å². The van der Waals surface area contributed by atoms with Gasteiger partial charge in [-0.2, -0.15) is 12.6 Å². The summed E-state index contributed by atoms with van der Waals surface area (Å²) in [6.07, 6.45) is 0.0167. The van der Waals surface area contributed by atoms with Gasteiger partial charge in [0.2, 0.25) is 0 Å². The molecule has 0 aromatic rings. The molecule has 0 amide bonds. The van der Waals surface area contributed by atoms with E-state index < -0.39 is 5.97 Å². The van der Waals surface area contributed by atoms with Gasteiger partial charge in [-0.25, -0.2) is 0 Å². The highest BCUT2D eigenvalue weighted by atomic mass is 32.1. The zero-order valence-corrected chi connectivity index (χ0v) is 13.2. The summed E-state index contributed by atoms with van der Waals surface area (Å²) < 4.78 is 26.1. The summed E-state index contributed by atoms with van der Waals surface area (Å²) in [4.78, 5) is 10.2. The molecule has 0 aliphatic heterocycles. The van der Waals surface area contributed by atoms with Gasteiger partial charge in [-0.3, -0.25) is 4.79 Å². The van der Waals surface area contributed by atoms with Crippen LogP contribution in [-0.4, -0.2) is 82.9 Å². The predicted octanol–water partition coefficient (Wildman–Crippen LogP) is 0.474. The molecule has 0 saturated heterocycles. The second kappa shape index (κ2) is 17.7. The van der Waals surface area contributed by atoms with E-state index in [9.17, 15) is 4.79 Å². The standard InChI is InChI=1S/C13H26O7S/c14-13(15)1-2-16-3-4-17-5-6-18-7-8-19-9-10-20-11-12-21/h21H,1-12H2,(H,14,15). The van der Waals surface area contributed by atoms with E-state index in [0.29, 0.717) is 65.2 Å². The predicted molar refractivity (Wildman–Crippen MR) is 80.2 cm³/mol. The third-order valence-electron chi connectivity index (χ3n) is 2.18. The van der Waals surface area contributed by atoms with Crippen molar-refractivity contribution >= 4 is 18.6 Å². The summed E-state index contributed by atoms with van der Waals surface area (Å²) >= 11 is 4.02. The van der Waals surface area contributed by atoms with Crippen LogP contribution < -0.4 is 0 Å².